The van der Waals surface area contributed by atoms with Gasteiger partial charge in [-0.25, -0.2) is 15.0 Å². The van der Waals surface area contributed by atoms with Crippen LogP contribution in [0.5, 0.6) is 0 Å². The third kappa shape index (κ3) is 3.31. The number of nitrogen functional groups attached to an aromatic ring is 1. The Morgan fingerprint density at radius 3 is 2.59 bits per heavy atom. The van der Waals surface area contributed by atoms with Crippen molar-refractivity contribution in [1.82, 2.24) is 15.0 Å². The summed E-state index contributed by atoms with van der Waals surface area (Å²) in [5, 5.41) is 0.807. The van der Waals surface area contributed by atoms with E-state index in [1.165, 1.54) is 11.9 Å². The molecule has 0 saturated carbocycles. The van der Waals surface area contributed by atoms with Gasteiger partial charge in [0.15, 0.2) is 5.65 Å². The smallest absolute Gasteiger partial charge is 0.165 e. The van der Waals surface area contributed by atoms with Crippen molar-refractivity contribution in [2.75, 3.05) is 24.7 Å². The van der Waals surface area contributed by atoms with Gasteiger partial charge < -0.3 is 10.6 Å². The number of hydrogen-bond donors (Lipinski definition) is 1. The lowest BCUT2D eigenvalue weighted by Crippen LogP contribution is -2.08. The molecule has 2 N–H and O–H groups in total. The molecule has 0 fully saturated rings. The monoisotopic (exact) mass is 355 g/mol. The predicted octanol–water partition coefficient (Wildman–Crippen LogP) is 4.24. The molecule has 134 valence electrons. The fourth-order valence-corrected chi connectivity index (χ4v) is 3.20. The minimum absolute atomic E-state index is 0.454. The van der Waals surface area contributed by atoms with Gasteiger partial charge >= 0.3 is 0 Å². The third-order valence-electron chi connectivity index (χ3n) is 4.65. The maximum Gasteiger partial charge on any atom is 0.165 e. The predicted molar refractivity (Wildman–Crippen MR) is 112 cm³/mol. The first-order valence-corrected chi connectivity index (χ1v) is 8.85. The molecule has 2 aromatic heterocycles. The van der Waals surface area contributed by atoms with E-state index in [0.717, 1.165) is 34.3 Å². The molecular formula is C22H21N5. The van der Waals surface area contributed by atoms with E-state index in [0.29, 0.717) is 11.5 Å². The highest BCUT2D eigenvalue weighted by Crippen LogP contribution is 2.33. The van der Waals surface area contributed by atoms with E-state index in [1.54, 1.807) is 0 Å². The van der Waals surface area contributed by atoms with E-state index < -0.39 is 0 Å². The zero-order valence-electron chi connectivity index (χ0n) is 15.4. The van der Waals surface area contributed by atoms with Crippen LogP contribution in [0.1, 0.15) is 12.0 Å². The molecule has 0 spiro atoms. The molecule has 0 saturated heterocycles. The molecule has 5 nitrogen and oxygen atoms in total. The first-order valence-electron chi connectivity index (χ1n) is 8.85. The Morgan fingerprint density at radius 1 is 1.00 bits per heavy atom. The molecule has 3 aromatic rings. The second-order valence-electron chi connectivity index (χ2n) is 6.66. The lowest BCUT2D eigenvalue weighted by molar-refractivity contribution is 1.13. The first kappa shape index (κ1) is 17.0. The Morgan fingerprint density at radius 2 is 1.81 bits per heavy atom. The Bertz CT molecular complexity index is 1080. The van der Waals surface area contributed by atoms with E-state index >= 15 is 0 Å². The molecule has 1 aromatic carbocycles. The van der Waals surface area contributed by atoms with Gasteiger partial charge in [0.05, 0.1) is 11.1 Å². The summed E-state index contributed by atoms with van der Waals surface area (Å²) < 4.78 is 0. The van der Waals surface area contributed by atoms with E-state index in [2.05, 4.69) is 57.4 Å². The molecule has 1 aliphatic rings. The van der Waals surface area contributed by atoms with Crippen molar-refractivity contribution in [3.8, 4) is 11.3 Å². The lowest BCUT2D eigenvalue weighted by atomic mass is 9.97. The van der Waals surface area contributed by atoms with Crippen molar-refractivity contribution in [3.05, 3.63) is 72.6 Å². The number of nitrogens with zero attached hydrogens (tertiary/aromatic N) is 4. The summed E-state index contributed by atoms with van der Waals surface area (Å²) in [7, 11) is 4.06. The molecule has 0 aliphatic heterocycles. The quantitative estimate of drug-likeness (QED) is 0.761. The third-order valence-corrected chi connectivity index (χ3v) is 4.65. The average Bonchev–Trinajstić information content (AvgIpc) is 2.97. The van der Waals surface area contributed by atoms with Crippen LogP contribution in [0.2, 0.25) is 0 Å². The van der Waals surface area contributed by atoms with Crippen LogP contribution in [0.4, 0.5) is 11.5 Å². The number of rotatable bonds is 3. The van der Waals surface area contributed by atoms with Gasteiger partial charge in [-0.3, -0.25) is 0 Å². The zero-order valence-corrected chi connectivity index (χ0v) is 15.4. The number of nitrogens with two attached hydrogens (primary N) is 1. The molecule has 0 bridgehead atoms. The molecule has 27 heavy (non-hydrogen) atoms. The lowest BCUT2D eigenvalue weighted by Gasteiger charge is -2.14. The van der Waals surface area contributed by atoms with E-state index in [9.17, 15) is 0 Å². The van der Waals surface area contributed by atoms with Crippen molar-refractivity contribution >= 4 is 28.1 Å². The summed E-state index contributed by atoms with van der Waals surface area (Å²) in [5.74, 6) is 0.454. The number of allylic oxidation sites excluding steroid dienone is 6. The minimum atomic E-state index is 0.454. The summed E-state index contributed by atoms with van der Waals surface area (Å²) in [4.78, 5) is 15.4. The first-order chi connectivity index (χ1) is 13.1. The van der Waals surface area contributed by atoms with E-state index in [4.69, 9.17) is 10.7 Å². The van der Waals surface area contributed by atoms with Crippen LogP contribution in [-0.2, 0) is 0 Å². The molecule has 0 unspecified atom stereocenters. The summed E-state index contributed by atoms with van der Waals surface area (Å²) in [6.07, 6.45) is 12.6. The molecule has 1 aliphatic carbocycles. The van der Waals surface area contributed by atoms with E-state index in [1.807, 2.05) is 32.3 Å². The number of anilines is 2. The Balaban J connectivity index is 1.91. The Labute approximate surface area is 158 Å². The van der Waals surface area contributed by atoms with Crippen molar-refractivity contribution < 1.29 is 0 Å². The fraction of sp³-hybridized carbons (Fsp3) is 0.136. The minimum Gasteiger partial charge on any atom is -0.383 e. The fourth-order valence-electron chi connectivity index (χ4n) is 3.20. The van der Waals surface area contributed by atoms with Gasteiger partial charge in [0.1, 0.15) is 12.1 Å². The SMILES string of the molecule is CN(C)c1ccc(-c2cc(C3=CC=CC=CC3)c3c(N)ncnc3n2)cc1. The average molecular weight is 355 g/mol. The molecule has 4 rings (SSSR count). The number of pyridine rings is 1. The largest absolute Gasteiger partial charge is 0.383 e. The molecule has 0 atom stereocenters. The van der Waals surface area contributed by atoms with Crippen molar-refractivity contribution in [3.63, 3.8) is 0 Å². The van der Waals surface area contributed by atoms with Crippen LogP contribution >= 0.6 is 0 Å². The van der Waals surface area contributed by atoms with Gasteiger partial charge in [0, 0.05) is 25.3 Å². The summed E-state index contributed by atoms with van der Waals surface area (Å²) >= 11 is 0. The molecule has 0 amide bonds. The van der Waals surface area contributed by atoms with Gasteiger partial charge in [-0.05, 0) is 35.8 Å². The number of hydrogen-bond acceptors (Lipinski definition) is 5. The Kier molecular flexibility index (Phi) is 4.42. The van der Waals surface area contributed by atoms with Crippen molar-refractivity contribution in [2.45, 2.75) is 6.42 Å². The zero-order chi connectivity index (χ0) is 18.8. The number of aromatic nitrogens is 3. The van der Waals surface area contributed by atoms with Crippen molar-refractivity contribution in [2.24, 2.45) is 0 Å². The topological polar surface area (TPSA) is 67.9 Å². The molecule has 2 heterocycles. The summed E-state index contributed by atoms with van der Waals surface area (Å²) in [5.41, 5.74) is 12.1. The van der Waals surface area contributed by atoms with Crippen LogP contribution < -0.4 is 10.6 Å². The summed E-state index contributed by atoms with van der Waals surface area (Å²) in [6, 6.07) is 10.4. The molecule has 5 heteroatoms. The summed E-state index contributed by atoms with van der Waals surface area (Å²) in [6.45, 7) is 0. The van der Waals surface area contributed by atoms with Crippen LogP contribution in [0.25, 0.3) is 27.9 Å². The maximum absolute atomic E-state index is 6.18. The number of fused-ring (bicyclic) bond motifs is 1. The van der Waals surface area contributed by atoms with Crippen molar-refractivity contribution in [1.29, 1.82) is 0 Å². The maximum atomic E-state index is 6.18. The van der Waals surface area contributed by atoms with Gasteiger partial charge in [0.25, 0.3) is 0 Å². The van der Waals surface area contributed by atoms with Crippen LogP contribution in [0.15, 0.2) is 67.0 Å². The highest BCUT2D eigenvalue weighted by molar-refractivity contribution is 5.98. The van der Waals surface area contributed by atoms with Crippen LogP contribution in [0.3, 0.4) is 0 Å². The highest BCUT2D eigenvalue weighted by Gasteiger charge is 2.15. The second-order valence-corrected chi connectivity index (χ2v) is 6.66. The number of benzene rings is 1. The van der Waals surface area contributed by atoms with Crippen LogP contribution in [-0.4, -0.2) is 29.0 Å². The van der Waals surface area contributed by atoms with Gasteiger partial charge in [-0.2, -0.15) is 0 Å². The molecule has 0 radical (unpaired) electrons. The van der Waals surface area contributed by atoms with Crippen LogP contribution in [0, 0.1) is 0 Å². The molecular weight excluding hydrogens is 334 g/mol. The second kappa shape index (κ2) is 7.03. The standard InChI is InChI=1S/C22H21N5/c1-27(2)17-11-9-16(10-12-17)19-13-18(15-7-5-3-4-6-8-15)20-21(23)24-14-25-22(20)26-19/h3-7,9-14H,8H2,1-2H3,(H2,23,24,25,26). The van der Waals surface area contributed by atoms with Gasteiger partial charge in [-0.1, -0.05) is 42.5 Å². The normalized spacial score (nSPS) is 13.5. The van der Waals surface area contributed by atoms with Gasteiger partial charge in [0.2, 0.25) is 0 Å². The highest BCUT2D eigenvalue weighted by atomic mass is 15.1. The van der Waals surface area contributed by atoms with Gasteiger partial charge in [-0.15, -0.1) is 0 Å². The Hall–Kier alpha value is -3.47. The van der Waals surface area contributed by atoms with E-state index in [-0.39, 0.29) is 0 Å².